The van der Waals surface area contributed by atoms with Crippen molar-refractivity contribution in [1.29, 1.82) is 0 Å². The van der Waals surface area contributed by atoms with E-state index in [2.05, 4.69) is 20.2 Å². The molecular formula is C21H14ClN5O3. The molecule has 0 amide bonds. The van der Waals surface area contributed by atoms with Crippen LogP contribution in [0.2, 0.25) is 5.02 Å². The quantitative estimate of drug-likeness (QED) is 0.455. The standard InChI is InChI=1S/C21H14ClN5O3/c1-11-5-7-14(8-6-11)27-19-15(10-23-27)17(28)16(20(29)25-19)21-24-18(26-30-21)12-3-2-4-13(22)9-12/h2-10H,1H3,(H2,25,28,29). The summed E-state index contributed by atoms with van der Waals surface area (Å²) in [5, 5.41) is 19.9. The van der Waals surface area contributed by atoms with Gasteiger partial charge >= 0.3 is 0 Å². The minimum Gasteiger partial charge on any atom is -0.506 e. The molecule has 3 aromatic heterocycles. The lowest BCUT2D eigenvalue weighted by molar-refractivity contribution is 0.426. The highest BCUT2D eigenvalue weighted by molar-refractivity contribution is 6.30. The highest BCUT2D eigenvalue weighted by Crippen LogP contribution is 2.33. The van der Waals surface area contributed by atoms with E-state index in [0.29, 0.717) is 21.6 Å². The second-order valence-corrected chi connectivity index (χ2v) is 7.20. The van der Waals surface area contributed by atoms with Gasteiger partial charge in [-0.05, 0) is 31.2 Å². The first kappa shape index (κ1) is 18.1. The number of benzene rings is 2. The van der Waals surface area contributed by atoms with Crippen molar-refractivity contribution in [3.63, 3.8) is 0 Å². The van der Waals surface area contributed by atoms with Crippen molar-refractivity contribution >= 4 is 22.6 Å². The Labute approximate surface area is 174 Å². The molecule has 148 valence electrons. The minimum atomic E-state index is -0.574. The summed E-state index contributed by atoms with van der Waals surface area (Å²) in [4.78, 5) is 19.8. The first-order chi connectivity index (χ1) is 14.5. The number of aromatic hydroxyl groups is 1. The number of pyridine rings is 1. The predicted molar refractivity (Wildman–Crippen MR) is 112 cm³/mol. The lowest BCUT2D eigenvalue weighted by Crippen LogP contribution is -2.11. The molecule has 0 unspecified atom stereocenters. The molecular weight excluding hydrogens is 406 g/mol. The van der Waals surface area contributed by atoms with Gasteiger partial charge in [-0.25, -0.2) is 4.68 Å². The lowest BCUT2D eigenvalue weighted by atomic mass is 10.2. The molecule has 30 heavy (non-hydrogen) atoms. The van der Waals surface area contributed by atoms with Crippen LogP contribution in [0, 0.1) is 6.92 Å². The Morgan fingerprint density at radius 3 is 2.73 bits per heavy atom. The third-order valence-electron chi connectivity index (χ3n) is 4.72. The second kappa shape index (κ2) is 6.85. The molecule has 0 fully saturated rings. The molecule has 0 aliphatic rings. The molecule has 0 bridgehead atoms. The molecule has 2 aromatic carbocycles. The number of fused-ring (bicyclic) bond motifs is 1. The van der Waals surface area contributed by atoms with E-state index in [9.17, 15) is 9.90 Å². The summed E-state index contributed by atoms with van der Waals surface area (Å²) in [5.74, 6) is -0.135. The number of aromatic nitrogens is 5. The number of aromatic amines is 1. The zero-order valence-corrected chi connectivity index (χ0v) is 16.4. The topological polar surface area (TPSA) is 110 Å². The van der Waals surface area contributed by atoms with Crippen LogP contribution < -0.4 is 5.56 Å². The first-order valence-electron chi connectivity index (χ1n) is 9.01. The van der Waals surface area contributed by atoms with Crippen LogP contribution in [0.5, 0.6) is 5.75 Å². The number of nitrogens with one attached hydrogen (secondary N) is 1. The van der Waals surface area contributed by atoms with Crippen LogP contribution in [0.3, 0.4) is 0 Å². The number of rotatable bonds is 3. The van der Waals surface area contributed by atoms with Gasteiger partial charge in [-0.15, -0.1) is 0 Å². The van der Waals surface area contributed by atoms with Crippen molar-refractivity contribution in [1.82, 2.24) is 24.9 Å². The maximum atomic E-state index is 12.8. The molecule has 0 saturated carbocycles. The minimum absolute atomic E-state index is 0.103. The first-order valence-corrected chi connectivity index (χ1v) is 9.39. The summed E-state index contributed by atoms with van der Waals surface area (Å²) < 4.78 is 6.80. The summed E-state index contributed by atoms with van der Waals surface area (Å²) >= 11 is 6.01. The van der Waals surface area contributed by atoms with Crippen LogP contribution in [-0.2, 0) is 0 Å². The molecule has 0 saturated heterocycles. The molecule has 8 nitrogen and oxygen atoms in total. The average Bonchev–Trinajstić information content (AvgIpc) is 3.36. The van der Waals surface area contributed by atoms with Crippen LogP contribution in [0.4, 0.5) is 0 Å². The Balaban J connectivity index is 1.63. The van der Waals surface area contributed by atoms with Gasteiger partial charge in [0.25, 0.3) is 11.4 Å². The van der Waals surface area contributed by atoms with Crippen LogP contribution in [0.1, 0.15) is 5.56 Å². The average molecular weight is 420 g/mol. The second-order valence-electron chi connectivity index (χ2n) is 6.77. The summed E-state index contributed by atoms with van der Waals surface area (Å²) in [6, 6.07) is 14.5. The van der Waals surface area contributed by atoms with Crippen LogP contribution in [0.15, 0.2) is 64.0 Å². The van der Waals surface area contributed by atoms with E-state index in [1.54, 1.807) is 28.9 Å². The highest BCUT2D eigenvalue weighted by Gasteiger charge is 2.22. The Hall–Kier alpha value is -3.91. The molecule has 5 rings (SSSR count). The number of aryl methyl sites for hydroxylation is 1. The van der Waals surface area contributed by atoms with E-state index in [1.165, 1.54) is 6.20 Å². The fourth-order valence-electron chi connectivity index (χ4n) is 3.20. The van der Waals surface area contributed by atoms with E-state index < -0.39 is 5.56 Å². The predicted octanol–water partition coefficient (Wildman–Crippen LogP) is 4.10. The molecule has 0 aliphatic heterocycles. The van der Waals surface area contributed by atoms with Gasteiger partial charge in [0.2, 0.25) is 5.82 Å². The van der Waals surface area contributed by atoms with Crippen molar-refractivity contribution in [2.45, 2.75) is 6.92 Å². The van der Waals surface area contributed by atoms with E-state index in [4.69, 9.17) is 16.1 Å². The zero-order valence-electron chi connectivity index (χ0n) is 15.6. The van der Waals surface area contributed by atoms with E-state index >= 15 is 0 Å². The van der Waals surface area contributed by atoms with Crippen molar-refractivity contribution in [3.8, 4) is 34.3 Å². The third kappa shape index (κ3) is 2.94. The smallest absolute Gasteiger partial charge is 0.267 e. The Morgan fingerprint density at radius 2 is 1.97 bits per heavy atom. The molecule has 3 heterocycles. The summed E-state index contributed by atoms with van der Waals surface area (Å²) in [6.07, 6.45) is 1.47. The van der Waals surface area contributed by atoms with Gasteiger partial charge in [0, 0.05) is 10.6 Å². The number of H-pyrrole nitrogens is 1. The van der Waals surface area contributed by atoms with Gasteiger partial charge in [0.1, 0.15) is 17.0 Å². The van der Waals surface area contributed by atoms with E-state index in [-0.39, 0.29) is 23.0 Å². The molecule has 0 aliphatic carbocycles. The van der Waals surface area contributed by atoms with E-state index in [1.807, 2.05) is 31.2 Å². The van der Waals surface area contributed by atoms with Gasteiger partial charge < -0.3 is 14.6 Å². The number of halogens is 1. The maximum absolute atomic E-state index is 12.8. The lowest BCUT2D eigenvalue weighted by Gasteiger charge is -2.05. The maximum Gasteiger partial charge on any atom is 0.267 e. The van der Waals surface area contributed by atoms with Crippen molar-refractivity contribution in [2.75, 3.05) is 0 Å². The molecule has 0 spiro atoms. The summed E-state index contributed by atoms with van der Waals surface area (Å²) in [6.45, 7) is 1.98. The van der Waals surface area contributed by atoms with Gasteiger partial charge in [0.15, 0.2) is 0 Å². The van der Waals surface area contributed by atoms with E-state index in [0.717, 1.165) is 11.3 Å². The van der Waals surface area contributed by atoms with Crippen molar-refractivity contribution in [3.05, 3.63) is 75.7 Å². The van der Waals surface area contributed by atoms with Crippen LogP contribution >= 0.6 is 11.6 Å². The van der Waals surface area contributed by atoms with Crippen molar-refractivity contribution < 1.29 is 9.63 Å². The third-order valence-corrected chi connectivity index (χ3v) is 4.96. The highest BCUT2D eigenvalue weighted by atomic mass is 35.5. The number of hydrogen-bond donors (Lipinski definition) is 2. The van der Waals surface area contributed by atoms with Gasteiger partial charge in [-0.1, -0.05) is 46.6 Å². The van der Waals surface area contributed by atoms with Gasteiger partial charge in [0.05, 0.1) is 17.3 Å². The fourth-order valence-corrected chi connectivity index (χ4v) is 3.39. The van der Waals surface area contributed by atoms with Crippen molar-refractivity contribution in [2.24, 2.45) is 0 Å². The molecule has 0 radical (unpaired) electrons. The Bertz CT molecular complexity index is 1450. The number of nitrogens with zero attached hydrogens (tertiary/aromatic N) is 4. The number of hydrogen-bond acceptors (Lipinski definition) is 6. The SMILES string of the molecule is Cc1ccc(-n2ncc3c(O)c(-c4nc(-c5cccc(Cl)c5)no4)c(=O)[nH]c32)cc1. The monoisotopic (exact) mass is 419 g/mol. The summed E-state index contributed by atoms with van der Waals surface area (Å²) in [7, 11) is 0. The Morgan fingerprint density at radius 1 is 1.17 bits per heavy atom. The molecule has 9 heteroatoms. The van der Waals surface area contributed by atoms with Crippen LogP contribution in [-0.4, -0.2) is 30.0 Å². The summed E-state index contributed by atoms with van der Waals surface area (Å²) in [5.41, 5.74) is 2.14. The van der Waals surface area contributed by atoms with Crippen LogP contribution in [0.25, 0.3) is 39.6 Å². The fraction of sp³-hybridized carbons (Fsp3) is 0.0476. The normalized spacial score (nSPS) is 11.3. The largest absolute Gasteiger partial charge is 0.506 e. The molecule has 0 atom stereocenters. The zero-order chi connectivity index (χ0) is 20.8. The molecule has 2 N–H and O–H groups in total. The van der Waals surface area contributed by atoms with Gasteiger partial charge in [-0.3, -0.25) is 4.79 Å². The van der Waals surface area contributed by atoms with Gasteiger partial charge in [-0.2, -0.15) is 10.1 Å². The molecule has 5 aromatic rings. The Kier molecular flexibility index (Phi) is 4.14.